The number of benzene rings is 2. The molecule has 3 aromatic rings. The van der Waals surface area contributed by atoms with Crippen LogP contribution in [-0.4, -0.2) is 77.6 Å². The third-order valence-corrected chi connectivity index (χ3v) is 8.45. The molecule has 42 heavy (non-hydrogen) atoms. The zero-order chi connectivity index (χ0) is 29.9. The van der Waals surface area contributed by atoms with Gasteiger partial charge in [-0.1, -0.05) is 12.1 Å². The Morgan fingerprint density at radius 3 is 2.17 bits per heavy atom. The fourth-order valence-corrected chi connectivity index (χ4v) is 6.37. The standard InChI is InChI=1S/C31H36N8O3/c1-19-36-30(38-37-19)31(12-13-35-18-27(40)39-14-4-5-24(39)17-32)25-10-8-22(28(41)33-2)15-20(25)6-7-21-16-23(29(42)34-3)9-11-26(21)31/h8-11,15-16,24,35H,4-7,12-14,18H2,1-3H3,(H,33,41)(H,34,42)(H,36,37,38)/t24-/m0/s1. The molecule has 0 unspecified atom stereocenters. The number of aromatic nitrogens is 3. The molecule has 4 N–H and O–H groups in total. The molecular formula is C31H36N8O3. The number of amides is 3. The third-order valence-electron chi connectivity index (χ3n) is 8.45. The van der Waals surface area contributed by atoms with Gasteiger partial charge in [-0.3, -0.25) is 14.4 Å². The van der Waals surface area contributed by atoms with E-state index in [1.807, 2.05) is 43.3 Å². The number of H-pyrrole nitrogens is 1. The first-order valence-electron chi connectivity index (χ1n) is 14.3. The van der Waals surface area contributed by atoms with Crippen LogP contribution in [-0.2, 0) is 23.1 Å². The van der Waals surface area contributed by atoms with Crippen molar-refractivity contribution >= 4 is 17.7 Å². The summed E-state index contributed by atoms with van der Waals surface area (Å²) in [6.45, 7) is 3.03. The van der Waals surface area contributed by atoms with Crippen molar-refractivity contribution in [1.82, 2.24) is 36.0 Å². The Morgan fingerprint density at radius 1 is 1.02 bits per heavy atom. The van der Waals surface area contributed by atoms with Gasteiger partial charge in [0.25, 0.3) is 11.8 Å². The van der Waals surface area contributed by atoms with E-state index in [-0.39, 0.29) is 30.3 Å². The molecule has 1 saturated heterocycles. The number of rotatable bonds is 8. The molecule has 1 atom stereocenters. The van der Waals surface area contributed by atoms with Crippen LogP contribution in [0.5, 0.6) is 0 Å². The second-order valence-electron chi connectivity index (χ2n) is 10.9. The van der Waals surface area contributed by atoms with Gasteiger partial charge in [0.2, 0.25) is 5.91 Å². The van der Waals surface area contributed by atoms with Crippen LogP contribution in [0.4, 0.5) is 0 Å². The Bertz CT molecular complexity index is 1490. The molecule has 2 aliphatic rings. The number of carbonyl (C=O) groups excluding carboxylic acids is 3. The van der Waals surface area contributed by atoms with E-state index in [9.17, 15) is 19.6 Å². The van der Waals surface area contributed by atoms with E-state index in [4.69, 9.17) is 0 Å². The fraction of sp³-hybridized carbons (Fsp3) is 0.419. The molecule has 2 heterocycles. The highest BCUT2D eigenvalue weighted by atomic mass is 16.2. The number of nitrogens with zero attached hydrogens (tertiary/aromatic N) is 4. The summed E-state index contributed by atoms with van der Waals surface area (Å²) < 4.78 is 0. The quantitative estimate of drug-likeness (QED) is 0.302. The summed E-state index contributed by atoms with van der Waals surface area (Å²) in [5, 5.41) is 27.1. The molecule has 0 saturated carbocycles. The van der Waals surface area contributed by atoms with Crippen molar-refractivity contribution in [2.24, 2.45) is 0 Å². The van der Waals surface area contributed by atoms with Gasteiger partial charge in [-0.2, -0.15) is 5.26 Å². The molecule has 2 aromatic carbocycles. The number of hydrogen-bond acceptors (Lipinski definition) is 7. The van der Waals surface area contributed by atoms with Crippen LogP contribution >= 0.6 is 0 Å². The van der Waals surface area contributed by atoms with Crippen molar-refractivity contribution in [2.45, 2.75) is 50.5 Å². The van der Waals surface area contributed by atoms with Gasteiger partial charge in [-0.15, -0.1) is 10.2 Å². The minimum atomic E-state index is -0.802. The second-order valence-corrected chi connectivity index (χ2v) is 10.9. The summed E-state index contributed by atoms with van der Waals surface area (Å²) in [7, 11) is 3.22. The van der Waals surface area contributed by atoms with Gasteiger partial charge in [0.1, 0.15) is 17.7 Å². The second kappa shape index (κ2) is 12.1. The molecule has 0 radical (unpaired) electrons. The van der Waals surface area contributed by atoms with Crippen molar-refractivity contribution in [3.8, 4) is 6.07 Å². The average molecular weight is 569 g/mol. The van der Waals surface area contributed by atoms with Gasteiger partial charge in [-0.05, 0) is 92.1 Å². The average Bonchev–Trinajstić information content (AvgIpc) is 3.66. The normalized spacial score (nSPS) is 17.0. The van der Waals surface area contributed by atoms with Crippen LogP contribution in [0, 0.1) is 18.3 Å². The zero-order valence-corrected chi connectivity index (χ0v) is 24.2. The smallest absolute Gasteiger partial charge is 0.251 e. The number of nitriles is 1. The Hall–Kier alpha value is -4.56. The molecule has 0 spiro atoms. The minimum absolute atomic E-state index is 0.0873. The fourth-order valence-electron chi connectivity index (χ4n) is 6.37. The van der Waals surface area contributed by atoms with E-state index in [0.717, 1.165) is 28.7 Å². The van der Waals surface area contributed by atoms with Crippen LogP contribution in [0.3, 0.4) is 0 Å². The van der Waals surface area contributed by atoms with E-state index in [1.54, 1.807) is 19.0 Å². The third kappa shape index (κ3) is 5.25. The zero-order valence-electron chi connectivity index (χ0n) is 24.2. The SMILES string of the molecule is CNC(=O)c1ccc2c(c1)CCc1cc(C(=O)NC)ccc1C2(CCNCC(=O)N1CCC[C@H]1C#N)c1nnc(C)[nH]1. The van der Waals surface area contributed by atoms with Crippen molar-refractivity contribution in [2.75, 3.05) is 33.7 Å². The van der Waals surface area contributed by atoms with Crippen LogP contribution < -0.4 is 16.0 Å². The highest BCUT2D eigenvalue weighted by molar-refractivity contribution is 5.95. The number of aromatic amines is 1. The highest BCUT2D eigenvalue weighted by Crippen LogP contribution is 2.46. The summed E-state index contributed by atoms with van der Waals surface area (Å²) in [4.78, 5) is 43.1. The predicted molar refractivity (Wildman–Crippen MR) is 156 cm³/mol. The summed E-state index contributed by atoms with van der Waals surface area (Å²) >= 11 is 0. The van der Waals surface area contributed by atoms with E-state index >= 15 is 0 Å². The van der Waals surface area contributed by atoms with Gasteiger partial charge in [0.15, 0.2) is 0 Å². The molecule has 218 valence electrons. The first-order valence-corrected chi connectivity index (χ1v) is 14.3. The number of aryl methyl sites for hydroxylation is 3. The molecular weight excluding hydrogens is 532 g/mol. The summed E-state index contributed by atoms with van der Waals surface area (Å²) in [5.74, 6) is 0.902. The maximum absolute atomic E-state index is 12.9. The topological polar surface area (TPSA) is 156 Å². The van der Waals surface area contributed by atoms with Gasteiger partial charge in [0.05, 0.1) is 18.0 Å². The molecule has 1 aromatic heterocycles. The van der Waals surface area contributed by atoms with E-state index < -0.39 is 5.41 Å². The van der Waals surface area contributed by atoms with Crippen LogP contribution in [0.15, 0.2) is 36.4 Å². The number of carbonyl (C=O) groups is 3. The van der Waals surface area contributed by atoms with Gasteiger partial charge in [0, 0.05) is 31.8 Å². The largest absolute Gasteiger partial charge is 0.355 e. The van der Waals surface area contributed by atoms with Gasteiger partial charge in [-0.25, -0.2) is 0 Å². The van der Waals surface area contributed by atoms with Crippen molar-refractivity contribution < 1.29 is 14.4 Å². The van der Waals surface area contributed by atoms with Crippen LogP contribution in [0.25, 0.3) is 0 Å². The lowest BCUT2D eigenvalue weighted by Crippen LogP contribution is -2.42. The first kappa shape index (κ1) is 29.0. The van der Waals surface area contributed by atoms with E-state index in [0.29, 0.717) is 61.5 Å². The Morgan fingerprint density at radius 2 is 1.64 bits per heavy atom. The maximum Gasteiger partial charge on any atom is 0.251 e. The monoisotopic (exact) mass is 568 g/mol. The Labute approximate surface area is 245 Å². The number of nitrogens with one attached hydrogen (secondary N) is 4. The molecule has 5 rings (SSSR count). The lowest BCUT2D eigenvalue weighted by molar-refractivity contribution is -0.130. The van der Waals surface area contributed by atoms with Crippen molar-refractivity contribution in [3.63, 3.8) is 0 Å². The maximum atomic E-state index is 12.9. The predicted octanol–water partition coefficient (Wildman–Crippen LogP) is 1.76. The molecule has 1 aliphatic heterocycles. The summed E-state index contributed by atoms with van der Waals surface area (Å²) in [5.41, 5.74) is 4.34. The van der Waals surface area contributed by atoms with E-state index in [2.05, 4.69) is 37.2 Å². The Balaban J connectivity index is 1.58. The number of hydrogen-bond donors (Lipinski definition) is 4. The van der Waals surface area contributed by atoms with Crippen LogP contribution in [0.1, 0.15) is 73.9 Å². The number of fused-ring (bicyclic) bond motifs is 2. The van der Waals surface area contributed by atoms with Crippen molar-refractivity contribution in [3.05, 3.63) is 81.4 Å². The highest BCUT2D eigenvalue weighted by Gasteiger charge is 2.44. The molecule has 11 heteroatoms. The van der Waals surface area contributed by atoms with Crippen LogP contribution in [0.2, 0.25) is 0 Å². The Kier molecular flexibility index (Phi) is 8.36. The van der Waals surface area contributed by atoms with Gasteiger partial charge >= 0.3 is 0 Å². The lowest BCUT2D eigenvalue weighted by Gasteiger charge is -2.35. The first-order chi connectivity index (χ1) is 20.3. The molecule has 1 fully saturated rings. The minimum Gasteiger partial charge on any atom is -0.355 e. The molecule has 3 amide bonds. The van der Waals surface area contributed by atoms with Crippen molar-refractivity contribution in [1.29, 1.82) is 5.26 Å². The molecule has 0 bridgehead atoms. The van der Waals surface area contributed by atoms with Gasteiger partial charge < -0.3 is 25.8 Å². The molecule has 11 nitrogen and oxygen atoms in total. The number of likely N-dealkylation sites (tertiary alicyclic amines) is 1. The van der Waals surface area contributed by atoms with E-state index in [1.165, 1.54) is 0 Å². The summed E-state index contributed by atoms with van der Waals surface area (Å²) in [6, 6.07) is 13.4. The lowest BCUT2D eigenvalue weighted by atomic mass is 9.69. The molecule has 1 aliphatic carbocycles. The summed E-state index contributed by atoms with van der Waals surface area (Å²) in [6.07, 6.45) is 3.39.